The van der Waals surface area contributed by atoms with Gasteiger partial charge in [-0.25, -0.2) is 15.0 Å². The second-order valence-electron chi connectivity index (χ2n) is 4.26. The van der Waals surface area contributed by atoms with Crippen molar-refractivity contribution in [2.75, 3.05) is 5.73 Å². The van der Waals surface area contributed by atoms with Crippen molar-refractivity contribution < 1.29 is 13.2 Å². The average molecular weight is 410 g/mol. The predicted octanol–water partition coefficient (Wildman–Crippen LogP) is 4.77. The molecule has 0 fully saturated rings. The number of rotatable bonds is 1. The van der Waals surface area contributed by atoms with Gasteiger partial charge in [0, 0.05) is 17.1 Å². The van der Waals surface area contributed by atoms with Crippen LogP contribution in [0.3, 0.4) is 0 Å². The molecule has 0 radical (unpaired) electrons. The van der Waals surface area contributed by atoms with Crippen molar-refractivity contribution in [3.05, 3.63) is 33.0 Å². The molecule has 10 heteroatoms. The quantitative estimate of drug-likeness (QED) is 0.588. The van der Waals surface area contributed by atoms with Crippen molar-refractivity contribution in [2.24, 2.45) is 0 Å². The first-order valence-corrected chi connectivity index (χ1v) is 7.75. The van der Waals surface area contributed by atoms with E-state index in [1.165, 1.54) is 11.3 Å². The van der Waals surface area contributed by atoms with Crippen LogP contribution in [-0.2, 0) is 6.18 Å². The van der Waals surface area contributed by atoms with Crippen LogP contribution >= 0.6 is 38.9 Å². The Labute approximate surface area is 139 Å². The Morgan fingerprint density at radius 3 is 2.68 bits per heavy atom. The number of nitrogen functional groups attached to an aromatic ring is 1. The molecule has 0 aliphatic heterocycles. The number of anilines is 1. The lowest BCUT2D eigenvalue weighted by Gasteiger charge is -2.13. The van der Waals surface area contributed by atoms with Crippen LogP contribution in [0.5, 0.6) is 0 Å². The highest BCUT2D eigenvalue weighted by Crippen LogP contribution is 2.41. The number of alkyl halides is 3. The van der Waals surface area contributed by atoms with Crippen molar-refractivity contribution in [1.82, 2.24) is 15.0 Å². The lowest BCUT2D eigenvalue weighted by atomic mass is 10.1. The van der Waals surface area contributed by atoms with Gasteiger partial charge >= 0.3 is 6.18 Å². The highest BCUT2D eigenvalue weighted by molar-refractivity contribution is 9.10. The summed E-state index contributed by atoms with van der Waals surface area (Å²) in [6.07, 6.45) is -3.55. The van der Waals surface area contributed by atoms with Gasteiger partial charge in [0.2, 0.25) is 5.28 Å². The number of pyridine rings is 1. The molecule has 0 unspecified atom stereocenters. The van der Waals surface area contributed by atoms with Crippen LogP contribution in [0.2, 0.25) is 5.28 Å². The van der Waals surface area contributed by atoms with E-state index in [4.69, 9.17) is 17.3 Å². The molecule has 22 heavy (non-hydrogen) atoms. The maximum atomic E-state index is 13.3. The fourth-order valence-electron chi connectivity index (χ4n) is 1.94. The van der Waals surface area contributed by atoms with Gasteiger partial charge in [-0.3, -0.25) is 0 Å². The molecule has 2 N–H and O–H groups in total. The van der Waals surface area contributed by atoms with Crippen molar-refractivity contribution in [2.45, 2.75) is 6.18 Å². The minimum absolute atomic E-state index is 0.0746. The molecule has 0 saturated carbocycles. The number of thiophene rings is 1. The molecule has 0 bridgehead atoms. The third-order valence-electron chi connectivity index (χ3n) is 2.83. The zero-order valence-electron chi connectivity index (χ0n) is 10.4. The number of aromatic nitrogens is 3. The van der Waals surface area contributed by atoms with Crippen molar-refractivity contribution in [1.29, 1.82) is 0 Å². The van der Waals surface area contributed by atoms with Gasteiger partial charge in [-0.05, 0) is 33.6 Å². The number of fused-ring (bicyclic) bond motifs is 1. The molecule has 0 spiro atoms. The molecule has 0 aromatic carbocycles. The molecule has 0 aliphatic carbocycles. The normalized spacial score (nSPS) is 12.0. The number of nitrogens with two attached hydrogens (primary N) is 1. The smallest absolute Gasteiger partial charge is 0.384 e. The Hall–Kier alpha value is -1.45. The molecule has 3 heterocycles. The molecule has 0 amide bonds. The molecular formula is C12H5BrClF3N4S. The van der Waals surface area contributed by atoms with Crippen LogP contribution in [0.15, 0.2) is 22.1 Å². The molecular weight excluding hydrogens is 405 g/mol. The fraction of sp³-hybridized carbons (Fsp3) is 0.0833. The van der Waals surface area contributed by atoms with Crippen molar-refractivity contribution in [3.63, 3.8) is 0 Å². The van der Waals surface area contributed by atoms with E-state index in [-0.39, 0.29) is 22.4 Å². The summed E-state index contributed by atoms with van der Waals surface area (Å²) in [6.45, 7) is 0. The molecule has 0 saturated heterocycles. The van der Waals surface area contributed by atoms with E-state index in [0.29, 0.717) is 14.7 Å². The Morgan fingerprint density at radius 1 is 1.27 bits per heavy atom. The van der Waals surface area contributed by atoms with Crippen molar-refractivity contribution >= 4 is 54.9 Å². The minimum Gasteiger partial charge on any atom is -0.384 e. The first-order valence-electron chi connectivity index (χ1n) is 5.70. The number of hydrogen-bond acceptors (Lipinski definition) is 5. The first kappa shape index (κ1) is 15.4. The zero-order chi connectivity index (χ0) is 16.1. The van der Waals surface area contributed by atoms with Gasteiger partial charge in [0.25, 0.3) is 0 Å². The Balaban J connectivity index is 2.38. The van der Waals surface area contributed by atoms with Crippen molar-refractivity contribution in [3.8, 4) is 11.3 Å². The summed E-state index contributed by atoms with van der Waals surface area (Å²) in [7, 11) is 0. The molecule has 0 atom stereocenters. The average Bonchev–Trinajstić information content (AvgIpc) is 2.79. The standard InChI is InChI=1S/C12H5BrClF3N4S/c13-6-3-22-10-8(20-11(14)21-9(6)10)4-2-19-7(18)1-5(4)12(15,16)17/h1-3H,(H2,18,19). The van der Waals surface area contributed by atoms with Crippen LogP contribution in [0, 0.1) is 0 Å². The summed E-state index contributed by atoms with van der Waals surface area (Å²) in [5.41, 5.74) is 4.79. The molecule has 4 nitrogen and oxygen atoms in total. The van der Waals surface area contributed by atoms with E-state index in [9.17, 15) is 13.2 Å². The highest BCUT2D eigenvalue weighted by atomic mass is 79.9. The first-order chi connectivity index (χ1) is 10.3. The number of hydrogen-bond donors (Lipinski definition) is 1. The van der Waals surface area contributed by atoms with Crippen LogP contribution in [-0.4, -0.2) is 15.0 Å². The largest absolute Gasteiger partial charge is 0.417 e. The van der Waals surface area contributed by atoms with Crippen LogP contribution in [0.25, 0.3) is 21.5 Å². The molecule has 3 rings (SSSR count). The molecule has 0 aliphatic rings. The van der Waals surface area contributed by atoms with Gasteiger partial charge in [-0.2, -0.15) is 13.2 Å². The Bertz CT molecular complexity index is 881. The van der Waals surface area contributed by atoms with E-state index in [1.807, 2.05) is 0 Å². The maximum absolute atomic E-state index is 13.3. The van der Waals surface area contributed by atoms with E-state index in [2.05, 4.69) is 30.9 Å². The highest BCUT2D eigenvalue weighted by Gasteiger charge is 2.35. The fourth-order valence-corrected chi connectivity index (χ4v) is 3.68. The lowest BCUT2D eigenvalue weighted by molar-refractivity contribution is -0.137. The minimum atomic E-state index is -4.59. The van der Waals surface area contributed by atoms with Gasteiger partial charge in [-0.1, -0.05) is 0 Å². The molecule has 114 valence electrons. The van der Waals surface area contributed by atoms with Gasteiger partial charge in [0.1, 0.15) is 11.3 Å². The summed E-state index contributed by atoms with van der Waals surface area (Å²) >= 11 is 10.3. The van der Waals surface area contributed by atoms with Gasteiger partial charge in [0.15, 0.2) is 0 Å². The second-order valence-corrected chi connectivity index (χ2v) is 6.33. The second kappa shape index (κ2) is 5.32. The summed E-state index contributed by atoms with van der Waals surface area (Å²) in [5, 5.41) is 1.56. The number of halogens is 5. The monoisotopic (exact) mass is 408 g/mol. The van der Waals surface area contributed by atoms with E-state index >= 15 is 0 Å². The number of nitrogens with zero attached hydrogens (tertiary/aromatic N) is 3. The molecule has 3 aromatic rings. The third kappa shape index (κ3) is 2.64. The lowest BCUT2D eigenvalue weighted by Crippen LogP contribution is -2.09. The maximum Gasteiger partial charge on any atom is 0.417 e. The summed E-state index contributed by atoms with van der Waals surface area (Å²) < 4.78 is 40.9. The van der Waals surface area contributed by atoms with Gasteiger partial charge in [0.05, 0.1) is 20.4 Å². The van der Waals surface area contributed by atoms with E-state index in [1.54, 1.807) is 5.38 Å². The SMILES string of the molecule is Nc1cc(C(F)(F)F)c(-c2nc(Cl)nc3c(Br)csc23)cn1. The van der Waals surface area contributed by atoms with Crippen LogP contribution in [0.4, 0.5) is 19.0 Å². The van der Waals surface area contributed by atoms with E-state index in [0.717, 1.165) is 12.3 Å². The van der Waals surface area contributed by atoms with Gasteiger partial charge < -0.3 is 5.73 Å². The summed E-state index contributed by atoms with van der Waals surface area (Å²) in [5.74, 6) is -0.222. The topological polar surface area (TPSA) is 64.7 Å². The Kier molecular flexibility index (Phi) is 3.74. The third-order valence-corrected chi connectivity index (χ3v) is 4.88. The molecule has 3 aromatic heterocycles. The van der Waals surface area contributed by atoms with Crippen LogP contribution < -0.4 is 5.73 Å². The zero-order valence-corrected chi connectivity index (χ0v) is 13.6. The summed E-state index contributed by atoms with van der Waals surface area (Å²) in [4.78, 5) is 11.7. The van der Waals surface area contributed by atoms with Crippen LogP contribution in [0.1, 0.15) is 5.56 Å². The Morgan fingerprint density at radius 2 is 2.00 bits per heavy atom. The van der Waals surface area contributed by atoms with Gasteiger partial charge in [-0.15, -0.1) is 11.3 Å². The van der Waals surface area contributed by atoms with E-state index < -0.39 is 11.7 Å². The summed E-state index contributed by atoms with van der Waals surface area (Å²) in [6, 6.07) is 0.778. The predicted molar refractivity (Wildman–Crippen MR) is 82.8 cm³/mol.